The SMILES string of the molecule is [2H]C([2H])([2H])c1cc(C)nc2oc3c(-c4cc(C5([2H])CCCCC5)cc[n+]4C)c(C)ccc3c12. The number of benzene rings is 1. The topological polar surface area (TPSA) is 29.9 Å². The molecule has 0 atom stereocenters. The van der Waals surface area contributed by atoms with E-state index in [1.807, 2.05) is 36.9 Å². The molecule has 3 aromatic heterocycles. The monoisotopic (exact) mass is 389 g/mol. The molecular weight excluding hydrogens is 356 g/mol. The lowest BCUT2D eigenvalue weighted by Gasteiger charge is -2.21. The highest BCUT2D eigenvalue weighted by atomic mass is 16.3. The van der Waals surface area contributed by atoms with Crippen LogP contribution in [0.15, 0.2) is 40.9 Å². The van der Waals surface area contributed by atoms with E-state index in [4.69, 9.17) is 9.90 Å². The Balaban J connectivity index is 1.80. The average Bonchev–Trinajstić information content (AvgIpc) is 3.11. The smallest absolute Gasteiger partial charge is 0.227 e. The van der Waals surface area contributed by atoms with Crippen molar-refractivity contribution < 1.29 is 14.5 Å². The molecule has 3 heterocycles. The van der Waals surface area contributed by atoms with Crippen LogP contribution >= 0.6 is 0 Å². The van der Waals surface area contributed by atoms with Crippen LogP contribution in [0.2, 0.25) is 0 Å². The summed E-state index contributed by atoms with van der Waals surface area (Å²) >= 11 is 0. The second kappa shape index (κ2) is 6.98. The van der Waals surface area contributed by atoms with Crippen molar-refractivity contribution in [2.45, 2.75) is 58.7 Å². The molecule has 29 heavy (non-hydrogen) atoms. The van der Waals surface area contributed by atoms with Crippen molar-refractivity contribution >= 4 is 22.1 Å². The first kappa shape index (κ1) is 14.3. The summed E-state index contributed by atoms with van der Waals surface area (Å²) in [6, 6.07) is 9.77. The van der Waals surface area contributed by atoms with Gasteiger partial charge in [-0.05, 0) is 62.2 Å². The van der Waals surface area contributed by atoms with Crippen molar-refractivity contribution in [2.75, 3.05) is 0 Å². The molecule has 0 aliphatic heterocycles. The lowest BCUT2D eigenvalue weighted by molar-refractivity contribution is -0.660. The predicted octanol–water partition coefficient (Wildman–Crippen LogP) is 6.45. The summed E-state index contributed by atoms with van der Waals surface area (Å²) in [5, 5.41) is 1.31. The number of hydrogen-bond donors (Lipinski definition) is 0. The molecule has 3 heteroatoms. The number of rotatable bonds is 2. The van der Waals surface area contributed by atoms with Crippen LogP contribution in [0.1, 0.15) is 65.9 Å². The summed E-state index contributed by atoms with van der Waals surface area (Å²) in [6.07, 6.45) is 7.14. The molecule has 5 rings (SSSR count). The Bertz CT molecular complexity index is 1380. The number of furan rings is 1. The molecular formula is C26H29N2O+. The molecule has 0 bridgehead atoms. The minimum Gasteiger partial charge on any atom is -0.437 e. The van der Waals surface area contributed by atoms with Gasteiger partial charge in [0.05, 0.1) is 10.9 Å². The molecule has 1 fully saturated rings. The molecule has 1 aliphatic carbocycles. The normalized spacial score (nSPS) is 19.0. The summed E-state index contributed by atoms with van der Waals surface area (Å²) in [6.45, 7) is 1.56. The lowest BCUT2D eigenvalue weighted by atomic mass is 9.84. The van der Waals surface area contributed by atoms with Crippen LogP contribution in [0.3, 0.4) is 0 Å². The molecule has 0 N–H and O–H groups in total. The highest BCUT2D eigenvalue weighted by Crippen LogP contribution is 2.39. The molecule has 3 nitrogen and oxygen atoms in total. The lowest BCUT2D eigenvalue weighted by Crippen LogP contribution is -2.31. The van der Waals surface area contributed by atoms with Gasteiger partial charge < -0.3 is 4.42 Å². The molecule has 148 valence electrons. The molecule has 0 saturated heterocycles. The second-order valence-corrected chi connectivity index (χ2v) is 8.30. The minimum absolute atomic E-state index is 0.268. The van der Waals surface area contributed by atoms with Gasteiger partial charge in [0.15, 0.2) is 11.8 Å². The third-order valence-electron chi connectivity index (χ3n) is 6.22. The van der Waals surface area contributed by atoms with Crippen LogP contribution in [0, 0.1) is 20.7 Å². The number of nitrogens with zero attached hydrogens (tertiary/aromatic N) is 2. The Morgan fingerprint density at radius 2 is 1.93 bits per heavy atom. The van der Waals surface area contributed by atoms with Gasteiger partial charge in [-0.2, -0.15) is 0 Å². The molecule has 4 aromatic rings. The first-order valence-electron chi connectivity index (χ1n) is 12.4. The first-order valence-corrected chi connectivity index (χ1v) is 10.4. The van der Waals surface area contributed by atoms with Crippen molar-refractivity contribution in [3.8, 4) is 11.3 Å². The number of fused-ring (bicyclic) bond motifs is 3. The maximum Gasteiger partial charge on any atom is 0.227 e. The van der Waals surface area contributed by atoms with Gasteiger partial charge in [-0.3, -0.25) is 0 Å². The molecule has 0 radical (unpaired) electrons. The highest BCUT2D eigenvalue weighted by Gasteiger charge is 2.24. The van der Waals surface area contributed by atoms with E-state index < -0.39 is 12.7 Å². The van der Waals surface area contributed by atoms with Crippen LogP contribution in [0.5, 0.6) is 0 Å². The zero-order chi connectivity index (χ0) is 23.5. The molecule has 0 unspecified atom stereocenters. The third kappa shape index (κ3) is 3.04. The number of aromatic nitrogens is 2. The molecule has 1 aromatic carbocycles. The first-order chi connectivity index (χ1) is 15.6. The minimum atomic E-state index is -2.27. The second-order valence-electron chi connectivity index (χ2n) is 8.30. The molecule has 0 amide bonds. The van der Waals surface area contributed by atoms with E-state index in [0.717, 1.165) is 53.5 Å². The summed E-state index contributed by atoms with van der Waals surface area (Å²) < 4.78 is 41.6. The van der Waals surface area contributed by atoms with Gasteiger partial charge in [-0.15, -0.1) is 0 Å². The van der Waals surface area contributed by atoms with Gasteiger partial charge >= 0.3 is 0 Å². The van der Waals surface area contributed by atoms with E-state index in [0.29, 0.717) is 22.4 Å². The van der Waals surface area contributed by atoms with Crippen molar-refractivity contribution in [2.24, 2.45) is 7.05 Å². The van der Waals surface area contributed by atoms with Crippen molar-refractivity contribution in [3.63, 3.8) is 0 Å². The summed E-state index contributed by atoms with van der Waals surface area (Å²) in [7, 11) is 1.99. The molecule has 1 aliphatic rings. The zero-order valence-corrected chi connectivity index (χ0v) is 17.3. The van der Waals surface area contributed by atoms with Gasteiger partial charge in [-0.1, -0.05) is 31.4 Å². The number of hydrogen-bond acceptors (Lipinski definition) is 2. The van der Waals surface area contributed by atoms with Gasteiger partial charge in [0.2, 0.25) is 11.4 Å². The summed E-state index contributed by atoms with van der Waals surface area (Å²) in [5.74, 6) is -0.565. The van der Waals surface area contributed by atoms with E-state index in [1.165, 1.54) is 6.42 Å². The van der Waals surface area contributed by atoms with Gasteiger partial charge in [0.25, 0.3) is 0 Å². The van der Waals surface area contributed by atoms with Crippen LogP contribution in [-0.2, 0) is 7.05 Å². The van der Waals surface area contributed by atoms with Gasteiger partial charge in [0, 0.05) is 28.7 Å². The fourth-order valence-corrected chi connectivity index (χ4v) is 4.68. The third-order valence-corrected chi connectivity index (χ3v) is 6.22. The van der Waals surface area contributed by atoms with E-state index >= 15 is 0 Å². The van der Waals surface area contributed by atoms with Crippen molar-refractivity contribution in [1.29, 1.82) is 0 Å². The van der Waals surface area contributed by atoms with Crippen LogP contribution < -0.4 is 4.57 Å². The molecule has 1 saturated carbocycles. The average molecular weight is 390 g/mol. The molecule has 0 spiro atoms. The van der Waals surface area contributed by atoms with Crippen LogP contribution in [0.4, 0.5) is 0 Å². The van der Waals surface area contributed by atoms with Gasteiger partial charge in [-0.25, -0.2) is 9.55 Å². The van der Waals surface area contributed by atoms with Crippen LogP contribution in [0.25, 0.3) is 33.3 Å². The largest absolute Gasteiger partial charge is 0.437 e. The van der Waals surface area contributed by atoms with Gasteiger partial charge in [0.1, 0.15) is 7.05 Å². The summed E-state index contributed by atoms with van der Waals surface area (Å²) in [4.78, 5) is 4.52. The maximum atomic E-state index is 9.11. The quantitative estimate of drug-likeness (QED) is 0.369. The Hall–Kier alpha value is -2.68. The Morgan fingerprint density at radius 1 is 1.10 bits per heavy atom. The van der Waals surface area contributed by atoms with E-state index in [-0.39, 0.29) is 5.56 Å². The van der Waals surface area contributed by atoms with E-state index in [2.05, 4.69) is 17.1 Å². The van der Waals surface area contributed by atoms with Crippen LogP contribution in [-0.4, -0.2) is 4.98 Å². The van der Waals surface area contributed by atoms with Crippen molar-refractivity contribution in [1.82, 2.24) is 4.98 Å². The van der Waals surface area contributed by atoms with E-state index in [1.54, 1.807) is 13.0 Å². The maximum absolute atomic E-state index is 9.11. The standard InChI is InChI=1S/C26H29N2O/c1-16-10-11-21-23-17(2)14-18(3)27-26(23)29-25(21)24(16)22-15-20(12-13-28(22)4)19-8-6-5-7-9-19/h10-15,19H,5-9H2,1-4H3/q+1/i2D3,19D. The van der Waals surface area contributed by atoms with E-state index in [9.17, 15) is 0 Å². The fraction of sp³-hybridized carbons (Fsp3) is 0.385. The highest BCUT2D eigenvalue weighted by molar-refractivity contribution is 6.10. The predicted molar refractivity (Wildman–Crippen MR) is 118 cm³/mol. The fourth-order valence-electron chi connectivity index (χ4n) is 4.68. The zero-order valence-electron chi connectivity index (χ0n) is 21.3. The Kier molecular flexibility index (Phi) is 3.45. The Morgan fingerprint density at radius 3 is 2.72 bits per heavy atom. The Labute approximate surface area is 178 Å². The number of aryl methyl sites for hydroxylation is 4. The number of pyridine rings is 2. The summed E-state index contributed by atoms with van der Waals surface area (Å²) in [5.41, 5.74) is 5.82. The van der Waals surface area contributed by atoms with Crippen molar-refractivity contribution in [3.05, 3.63) is 58.9 Å².